The normalized spacial score (nSPS) is 35.8. The standard InChI is InChI=1S/C24H32O4.2C2H4O2/c1-5-24(28-16(3)26)13-11-22-21-8-6-17-14-18(27-15(2)25)7-9-19(17)20(21)10-12-23(22,24)4;2*1-2(3)4/h1,14,18-22H,6-13H2,2-4H3;2*1H3,(H,3,4)/p-2/t18-,19-,20+,21+,22-,23-,24-;;/m0../s1. The molecule has 0 saturated heterocycles. The van der Waals surface area contributed by atoms with Crippen LogP contribution in [-0.2, 0) is 28.7 Å². The highest BCUT2D eigenvalue weighted by Crippen LogP contribution is 2.65. The van der Waals surface area contributed by atoms with Crippen LogP contribution in [0, 0.1) is 41.4 Å². The van der Waals surface area contributed by atoms with Crippen molar-refractivity contribution in [1.82, 2.24) is 0 Å². The SMILES string of the molecule is C#C[C@]1(OC(C)=O)CC[C@H]2[C@@H]3CCC4=C[C@@H](OC(C)=O)CC[C@@H]4[C@H]3CC[C@@]21C.CC(=O)[O-].CC(=O)[O-]. The Kier molecular flexibility index (Phi) is 9.76. The second-order valence-corrected chi connectivity index (χ2v) is 10.6. The maximum atomic E-state index is 11.8. The molecule has 0 unspecified atom stereocenters. The highest BCUT2D eigenvalue weighted by molar-refractivity contribution is 5.67. The van der Waals surface area contributed by atoms with Crippen molar-refractivity contribution >= 4 is 23.9 Å². The number of carboxylic acid groups (broad SMARTS) is 2. The molecule has 0 heterocycles. The molecular formula is C28H38O8-2. The van der Waals surface area contributed by atoms with Gasteiger partial charge in [-0.2, -0.15) is 0 Å². The molecule has 0 aromatic rings. The average Bonchev–Trinajstić information content (AvgIpc) is 3.04. The van der Waals surface area contributed by atoms with Crippen molar-refractivity contribution in [2.45, 2.75) is 97.7 Å². The summed E-state index contributed by atoms with van der Waals surface area (Å²) in [6.07, 6.45) is 16.5. The maximum Gasteiger partial charge on any atom is 0.304 e. The first-order chi connectivity index (χ1) is 16.8. The molecule has 8 heteroatoms. The third-order valence-corrected chi connectivity index (χ3v) is 8.40. The van der Waals surface area contributed by atoms with E-state index in [4.69, 9.17) is 35.7 Å². The molecule has 7 atom stereocenters. The molecule has 4 aliphatic carbocycles. The Morgan fingerprint density at radius 2 is 1.53 bits per heavy atom. The number of allylic oxidation sites excluding steroid dienone is 1. The molecule has 3 saturated carbocycles. The Labute approximate surface area is 213 Å². The largest absolute Gasteiger partial charge is 0.550 e. The van der Waals surface area contributed by atoms with Gasteiger partial charge in [0.1, 0.15) is 6.10 Å². The predicted octanol–water partition coefficient (Wildman–Crippen LogP) is 1.94. The van der Waals surface area contributed by atoms with Gasteiger partial charge in [-0.15, -0.1) is 6.42 Å². The monoisotopic (exact) mass is 502 g/mol. The van der Waals surface area contributed by atoms with Crippen molar-refractivity contribution in [3.8, 4) is 12.3 Å². The zero-order valence-electron chi connectivity index (χ0n) is 22.0. The Hall–Kier alpha value is -2.82. The summed E-state index contributed by atoms with van der Waals surface area (Å²) < 4.78 is 11.3. The molecule has 0 amide bonds. The van der Waals surface area contributed by atoms with Crippen LogP contribution in [0.4, 0.5) is 0 Å². The van der Waals surface area contributed by atoms with E-state index in [1.807, 2.05) is 0 Å². The van der Waals surface area contributed by atoms with E-state index >= 15 is 0 Å². The molecule has 4 aliphatic rings. The van der Waals surface area contributed by atoms with Gasteiger partial charge >= 0.3 is 11.9 Å². The minimum absolute atomic E-state index is 0.0429. The first kappa shape index (κ1) is 29.4. The van der Waals surface area contributed by atoms with Crippen molar-refractivity contribution < 1.29 is 38.9 Å². The third-order valence-electron chi connectivity index (χ3n) is 8.40. The first-order valence-corrected chi connectivity index (χ1v) is 12.7. The Morgan fingerprint density at radius 3 is 2.06 bits per heavy atom. The van der Waals surface area contributed by atoms with Crippen LogP contribution in [0.2, 0.25) is 0 Å². The molecule has 0 aliphatic heterocycles. The number of fused-ring (bicyclic) bond motifs is 5. The number of aliphatic carboxylic acids is 2. The fourth-order valence-corrected chi connectivity index (χ4v) is 7.28. The van der Waals surface area contributed by atoms with Crippen molar-refractivity contribution in [2.75, 3.05) is 0 Å². The number of hydrogen-bond acceptors (Lipinski definition) is 8. The van der Waals surface area contributed by atoms with E-state index in [-0.39, 0.29) is 23.5 Å². The van der Waals surface area contributed by atoms with Gasteiger partial charge < -0.3 is 29.3 Å². The zero-order valence-corrected chi connectivity index (χ0v) is 22.0. The number of rotatable bonds is 2. The van der Waals surface area contributed by atoms with Crippen LogP contribution in [0.15, 0.2) is 11.6 Å². The highest BCUT2D eigenvalue weighted by Gasteiger charge is 2.64. The summed E-state index contributed by atoms with van der Waals surface area (Å²) in [5, 5.41) is 17.8. The molecule has 8 nitrogen and oxygen atoms in total. The van der Waals surface area contributed by atoms with Crippen molar-refractivity contribution in [1.29, 1.82) is 0 Å². The van der Waals surface area contributed by atoms with Crippen LogP contribution < -0.4 is 10.2 Å². The summed E-state index contributed by atoms with van der Waals surface area (Å²) in [6.45, 7) is 7.18. The van der Waals surface area contributed by atoms with Gasteiger partial charge in [0.2, 0.25) is 0 Å². The highest BCUT2D eigenvalue weighted by atomic mass is 16.6. The number of carbonyl (C=O) groups excluding carboxylic acids is 4. The molecular weight excluding hydrogens is 464 g/mol. The van der Waals surface area contributed by atoms with Gasteiger partial charge in [0.05, 0.1) is 0 Å². The van der Waals surface area contributed by atoms with Crippen molar-refractivity contribution in [3.63, 3.8) is 0 Å². The predicted molar refractivity (Wildman–Crippen MR) is 127 cm³/mol. The summed E-state index contributed by atoms with van der Waals surface area (Å²) in [5.41, 5.74) is 0.644. The summed E-state index contributed by atoms with van der Waals surface area (Å²) in [4.78, 5) is 40.9. The van der Waals surface area contributed by atoms with Gasteiger partial charge in [-0.05, 0) is 95.0 Å². The molecule has 4 rings (SSSR count). The van der Waals surface area contributed by atoms with Gasteiger partial charge in [0.15, 0.2) is 5.60 Å². The molecule has 36 heavy (non-hydrogen) atoms. The van der Waals surface area contributed by atoms with Gasteiger partial charge in [0.25, 0.3) is 0 Å². The van der Waals surface area contributed by atoms with Gasteiger partial charge in [-0.25, -0.2) is 0 Å². The van der Waals surface area contributed by atoms with Crippen LogP contribution in [0.25, 0.3) is 0 Å². The third kappa shape index (κ3) is 6.48. The van der Waals surface area contributed by atoms with Crippen LogP contribution in [0.1, 0.15) is 86.0 Å². The van der Waals surface area contributed by atoms with E-state index in [1.54, 1.807) is 0 Å². The molecule has 200 valence electrons. The zero-order chi connectivity index (χ0) is 27.3. The quantitative estimate of drug-likeness (QED) is 0.318. The molecule has 3 fully saturated rings. The molecule has 0 bridgehead atoms. The number of terminal acetylenes is 1. The first-order valence-electron chi connectivity index (χ1n) is 12.7. The summed E-state index contributed by atoms with van der Waals surface area (Å²) in [7, 11) is 0. The van der Waals surface area contributed by atoms with E-state index in [2.05, 4.69) is 18.9 Å². The summed E-state index contributed by atoms with van der Waals surface area (Å²) in [6, 6.07) is 0. The molecule has 0 N–H and O–H groups in total. The van der Waals surface area contributed by atoms with E-state index in [0.717, 1.165) is 58.8 Å². The van der Waals surface area contributed by atoms with Crippen LogP contribution in [-0.4, -0.2) is 35.6 Å². The lowest BCUT2D eigenvalue weighted by Crippen LogP contribution is -2.53. The Balaban J connectivity index is 0.000000501. The number of esters is 2. The lowest BCUT2D eigenvalue weighted by Gasteiger charge is -2.55. The lowest BCUT2D eigenvalue weighted by molar-refractivity contribution is -0.303. The number of carboxylic acids is 2. The second-order valence-electron chi connectivity index (χ2n) is 10.6. The van der Waals surface area contributed by atoms with Crippen LogP contribution >= 0.6 is 0 Å². The molecule has 0 aromatic heterocycles. The minimum Gasteiger partial charge on any atom is -0.550 e. The topological polar surface area (TPSA) is 133 Å². The van der Waals surface area contributed by atoms with Gasteiger partial charge in [-0.1, -0.05) is 18.4 Å². The summed E-state index contributed by atoms with van der Waals surface area (Å²) in [5.74, 6) is 2.77. The fraction of sp³-hybridized carbons (Fsp3) is 0.714. The average molecular weight is 503 g/mol. The van der Waals surface area contributed by atoms with E-state index in [0.29, 0.717) is 23.7 Å². The van der Waals surface area contributed by atoms with Gasteiger partial charge in [-0.3, -0.25) is 9.59 Å². The Bertz CT molecular complexity index is 910. The van der Waals surface area contributed by atoms with Crippen molar-refractivity contribution in [3.05, 3.63) is 11.6 Å². The minimum atomic E-state index is -1.08. The smallest absolute Gasteiger partial charge is 0.304 e. The lowest BCUT2D eigenvalue weighted by atomic mass is 9.50. The number of ether oxygens (including phenoxy) is 2. The van der Waals surface area contributed by atoms with Crippen molar-refractivity contribution in [2.24, 2.45) is 29.1 Å². The maximum absolute atomic E-state index is 11.8. The van der Waals surface area contributed by atoms with Gasteiger partial charge in [0, 0.05) is 31.2 Å². The summed E-state index contributed by atoms with van der Waals surface area (Å²) >= 11 is 0. The van der Waals surface area contributed by atoms with Crippen LogP contribution in [0.3, 0.4) is 0 Å². The number of carbonyl (C=O) groups is 4. The van der Waals surface area contributed by atoms with E-state index in [1.165, 1.54) is 25.8 Å². The van der Waals surface area contributed by atoms with E-state index < -0.39 is 17.5 Å². The molecule has 0 aromatic carbocycles. The van der Waals surface area contributed by atoms with Crippen LogP contribution in [0.5, 0.6) is 0 Å². The number of hydrogen-bond donors (Lipinski definition) is 0. The fourth-order valence-electron chi connectivity index (χ4n) is 7.28. The Morgan fingerprint density at radius 1 is 0.917 bits per heavy atom. The van der Waals surface area contributed by atoms with E-state index in [9.17, 15) is 9.59 Å². The molecule has 0 spiro atoms. The second kappa shape index (κ2) is 11.9. The molecule has 0 radical (unpaired) electrons.